The first kappa shape index (κ1) is 16.2. The molecular formula is C20H15N3O2. The van der Waals surface area contributed by atoms with Crippen LogP contribution in [0.25, 0.3) is 10.8 Å². The molecule has 0 saturated heterocycles. The van der Waals surface area contributed by atoms with Crippen LogP contribution in [-0.2, 0) is 4.79 Å². The molecule has 0 heterocycles. The van der Waals surface area contributed by atoms with Crippen molar-refractivity contribution in [1.29, 1.82) is 5.26 Å². The number of ether oxygens (including phenoxy) is 1. The van der Waals surface area contributed by atoms with Crippen molar-refractivity contribution < 1.29 is 9.53 Å². The largest absolute Gasteiger partial charge is 0.484 e. The summed E-state index contributed by atoms with van der Waals surface area (Å²) in [6, 6.07) is 22.5. The van der Waals surface area contributed by atoms with E-state index in [0.29, 0.717) is 11.3 Å². The summed E-state index contributed by atoms with van der Waals surface area (Å²) in [7, 11) is 0. The number of hydrazone groups is 1. The molecule has 3 aromatic carbocycles. The zero-order chi connectivity index (χ0) is 17.5. The second kappa shape index (κ2) is 7.75. The van der Waals surface area contributed by atoms with Gasteiger partial charge in [-0.05, 0) is 40.6 Å². The standard InChI is InChI=1S/C20H15N3O2/c21-12-15-5-7-16(8-6-15)13-22-23-20(24)14-25-19-10-9-17-3-1-2-4-18(17)11-19/h1-11,13H,14H2,(H,23,24). The lowest BCUT2D eigenvalue weighted by Crippen LogP contribution is -2.24. The highest BCUT2D eigenvalue weighted by Gasteiger charge is 2.02. The van der Waals surface area contributed by atoms with Gasteiger partial charge in [-0.3, -0.25) is 4.79 Å². The summed E-state index contributed by atoms with van der Waals surface area (Å²) in [5.41, 5.74) is 3.77. The Labute approximate surface area is 145 Å². The van der Waals surface area contributed by atoms with Crippen LogP contribution in [0.2, 0.25) is 0 Å². The summed E-state index contributed by atoms with van der Waals surface area (Å²) < 4.78 is 5.49. The van der Waals surface area contributed by atoms with E-state index in [1.165, 1.54) is 6.21 Å². The number of hydrogen-bond donors (Lipinski definition) is 1. The summed E-state index contributed by atoms with van der Waals surface area (Å²) in [4.78, 5) is 11.8. The maximum Gasteiger partial charge on any atom is 0.277 e. The van der Waals surface area contributed by atoms with Gasteiger partial charge in [0.25, 0.3) is 5.91 Å². The minimum Gasteiger partial charge on any atom is -0.484 e. The second-order valence-electron chi connectivity index (χ2n) is 5.32. The van der Waals surface area contributed by atoms with Gasteiger partial charge in [0.1, 0.15) is 5.75 Å². The van der Waals surface area contributed by atoms with Crippen LogP contribution in [0.3, 0.4) is 0 Å². The van der Waals surface area contributed by atoms with E-state index in [0.717, 1.165) is 16.3 Å². The molecule has 122 valence electrons. The van der Waals surface area contributed by atoms with Crippen molar-refractivity contribution in [2.45, 2.75) is 0 Å². The Hall–Kier alpha value is -3.65. The maximum atomic E-state index is 11.8. The van der Waals surface area contributed by atoms with E-state index in [-0.39, 0.29) is 12.5 Å². The molecule has 0 bridgehead atoms. The first-order valence-electron chi connectivity index (χ1n) is 7.68. The van der Waals surface area contributed by atoms with Crippen LogP contribution in [0.1, 0.15) is 11.1 Å². The minimum absolute atomic E-state index is 0.122. The molecule has 0 fully saturated rings. The molecule has 5 nitrogen and oxygen atoms in total. The molecular weight excluding hydrogens is 314 g/mol. The number of benzene rings is 3. The molecule has 0 spiro atoms. The predicted molar refractivity (Wildman–Crippen MR) is 96.3 cm³/mol. The number of carbonyl (C=O) groups excluding carboxylic acids is 1. The molecule has 5 heteroatoms. The highest BCUT2D eigenvalue weighted by atomic mass is 16.5. The van der Waals surface area contributed by atoms with E-state index in [2.05, 4.69) is 10.5 Å². The highest BCUT2D eigenvalue weighted by molar-refractivity contribution is 5.84. The van der Waals surface area contributed by atoms with E-state index in [4.69, 9.17) is 10.00 Å². The van der Waals surface area contributed by atoms with Gasteiger partial charge in [-0.2, -0.15) is 10.4 Å². The van der Waals surface area contributed by atoms with Gasteiger partial charge in [-0.1, -0.05) is 42.5 Å². The molecule has 0 unspecified atom stereocenters. The lowest BCUT2D eigenvalue weighted by molar-refractivity contribution is -0.123. The third-order valence-corrected chi connectivity index (χ3v) is 3.53. The van der Waals surface area contributed by atoms with Crippen LogP contribution >= 0.6 is 0 Å². The Balaban J connectivity index is 1.51. The highest BCUT2D eigenvalue weighted by Crippen LogP contribution is 2.20. The summed E-state index contributed by atoms with van der Waals surface area (Å²) in [6.45, 7) is -0.122. The molecule has 0 aliphatic rings. The lowest BCUT2D eigenvalue weighted by Gasteiger charge is -2.06. The van der Waals surface area contributed by atoms with Crippen LogP contribution in [0, 0.1) is 11.3 Å². The fourth-order valence-corrected chi connectivity index (χ4v) is 2.26. The third-order valence-electron chi connectivity index (χ3n) is 3.53. The molecule has 3 aromatic rings. The molecule has 0 aliphatic heterocycles. The Morgan fingerprint density at radius 1 is 1.08 bits per heavy atom. The van der Waals surface area contributed by atoms with Crippen LogP contribution in [0.4, 0.5) is 0 Å². The number of fused-ring (bicyclic) bond motifs is 1. The van der Waals surface area contributed by atoms with Gasteiger partial charge in [0.2, 0.25) is 0 Å². The zero-order valence-electron chi connectivity index (χ0n) is 13.3. The fraction of sp³-hybridized carbons (Fsp3) is 0.0500. The van der Waals surface area contributed by atoms with Crippen molar-refractivity contribution in [1.82, 2.24) is 5.43 Å². The van der Waals surface area contributed by atoms with Crippen LogP contribution < -0.4 is 10.2 Å². The summed E-state index contributed by atoms with van der Waals surface area (Å²) in [5, 5.41) is 14.8. The Bertz CT molecular complexity index is 957. The van der Waals surface area contributed by atoms with Crippen molar-refractivity contribution in [2.24, 2.45) is 5.10 Å². The van der Waals surface area contributed by atoms with Crippen molar-refractivity contribution in [3.8, 4) is 11.8 Å². The number of rotatable bonds is 5. The fourth-order valence-electron chi connectivity index (χ4n) is 2.26. The lowest BCUT2D eigenvalue weighted by atomic mass is 10.1. The summed E-state index contributed by atoms with van der Waals surface area (Å²) in [6.07, 6.45) is 1.51. The Kier molecular flexibility index (Phi) is 5.03. The molecule has 0 atom stereocenters. The van der Waals surface area contributed by atoms with Crippen LogP contribution in [-0.4, -0.2) is 18.7 Å². The normalized spacial score (nSPS) is 10.5. The quantitative estimate of drug-likeness (QED) is 0.577. The van der Waals surface area contributed by atoms with Crippen LogP contribution in [0.15, 0.2) is 71.8 Å². The topological polar surface area (TPSA) is 74.5 Å². The molecule has 0 saturated carbocycles. The van der Waals surface area contributed by atoms with Gasteiger partial charge in [0.15, 0.2) is 6.61 Å². The maximum absolute atomic E-state index is 11.8. The number of hydrogen-bond acceptors (Lipinski definition) is 4. The number of nitriles is 1. The van der Waals surface area contributed by atoms with E-state index < -0.39 is 0 Å². The average Bonchev–Trinajstić information content (AvgIpc) is 2.67. The van der Waals surface area contributed by atoms with Crippen molar-refractivity contribution in [3.63, 3.8) is 0 Å². The van der Waals surface area contributed by atoms with Gasteiger partial charge in [0, 0.05) is 0 Å². The van der Waals surface area contributed by atoms with Gasteiger partial charge in [-0.15, -0.1) is 0 Å². The number of nitrogens with zero attached hydrogens (tertiary/aromatic N) is 2. The number of carbonyl (C=O) groups is 1. The molecule has 25 heavy (non-hydrogen) atoms. The minimum atomic E-state index is -0.349. The van der Waals surface area contributed by atoms with E-state index >= 15 is 0 Å². The average molecular weight is 329 g/mol. The molecule has 1 N–H and O–H groups in total. The van der Waals surface area contributed by atoms with Crippen molar-refractivity contribution in [3.05, 3.63) is 77.9 Å². The third kappa shape index (κ3) is 4.43. The van der Waals surface area contributed by atoms with E-state index in [1.807, 2.05) is 48.5 Å². The summed E-state index contributed by atoms with van der Waals surface area (Å²) in [5.74, 6) is 0.281. The van der Waals surface area contributed by atoms with E-state index in [1.54, 1.807) is 24.3 Å². The molecule has 3 rings (SSSR count). The molecule has 0 aromatic heterocycles. The Morgan fingerprint density at radius 2 is 1.84 bits per heavy atom. The van der Waals surface area contributed by atoms with Crippen LogP contribution in [0.5, 0.6) is 5.75 Å². The monoisotopic (exact) mass is 329 g/mol. The first-order valence-corrected chi connectivity index (χ1v) is 7.68. The van der Waals surface area contributed by atoms with Gasteiger partial charge in [0.05, 0.1) is 17.8 Å². The number of nitrogens with one attached hydrogen (secondary N) is 1. The molecule has 0 radical (unpaired) electrons. The smallest absolute Gasteiger partial charge is 0.277 e. The first-order chi connectivity index (χ1) is 12.2. The Morgan fingerprint density at radius 3 is 2.60 bits per heavy atom. The van der Waals surface area contributed by atoms with Gasteiger partial charge in [-0.25, -0.2) is 5.43 Å². The van der Waals surface area contributed by atoms with Crippen molar-refractivity contribution >= 4 is 22.9 Å². The molecule has 1 amide bonds. The SMILES string of the molecule is N#Cc1ccc(C=NNC(=O)COc2ccc3ccccc3c2)cc1. The van der Waals surface area contributed by atoms with Gasteiger partial charge < -0.3 is 4.74 Å². The summed E-state index contributed by atoms with van der Waals surface area (Å²) >= 11 is 0. The van der Waals surface area contributed by atoms with Gasteiger partial charge >= 0.3 is 0 Å². The van der Waals surface area contributed by atoms with E-state index in [9.17, 15) is 4.79 Å². The zero-order valence-corrected chi connectivity index (χ0v) is 13.3. The number of amides is 1. The predicted octanol–water partition coefficient (Wildman–Crippen LogP) is 3.24. The van der Waals surface area contributed by atoms with Crippen molar-refractivity contribution in [2.75, 3.05) is 6.61 Å². The second-order valence-corrected chi connectivity index (χ2v) is 5.32. The molecule has 0 aliphatic carbocycles.